The van der Waals surface area contributed by atoms with Crippen LogP contribution in [0.5, 0.6) is 0 Å². The van der Waals surface area contributed by atoms with Crippen LogP contribution in [0.3, 0.4) is 0 Å². The quantitative estimate of drug-likeness (QED) is 0.864. The fraction of sp³-hybridized carbons (Fsp3) is 0.684. The van der Waals surface area contributed by atoms with E-state index < -0.39 is 0 Å². The highest BCUT2D eigenvalue weighted by Crippen LogP contribution is 2.38. The molecule has 3 aliphatic rings. The lowest BCUT2D eigenvalue weighted by atomic mass is 9.71. The van der Waals surface area contributed by atoms with Crippen LogP contribution in [0.2, 0.25) is 0 Å². The van der Waals surface area contributed by atoms with Crippen molar-refractivity contribution in [2.45, 2.75) is 38.1 Å². The van der Waals surface area contributed by atoms with Gasteiger partial charge in [-0.05, 0) is 50.8 Å². The number of amides is 1. The van der Waals surface area contributed by atoms with Gasteiger partial charge in [0.1, 0.15) is 5.82 Å². The number of aliphatic hydroxyl groups is 1. The Morgan fingerprint density at radius 2 is 2.16 bits per heavy atom. The van der Waals surface area contributed by atoms with Gasteiger partial charge in [0.2, 0.25) is 0 Å². The third kappa shape index (κ3) is 3.13. The third-order valence-corrected chi connectivity index (χ3v) is 6.20. The molecule has 0 saturated carbocycles. The van der Waals surface area contributed by atoms with Gasteiger partial charge in [-0.25, -0.2) is 4.98 Å². The number of carbonyl (C=O) groups is 1. The number of hydrogen-bond acceptors (Lipinski definition) is 5. The van der Waals surface area contributed by atoms with Crippen molar-refractivity contribution in [3.63, 3.8) is 0 Å². The average molecular weight is 344 g/mol. The second-order valence-corrected chi connectivity index (χ2v) is 7.74. The Morgan fingerprint density at radius 3 is 2.96 bits per heavy atom. The molecule has 2 atom stereocenters. The number of anilines is 1. The van der Waals surface area contributed by atoms with Gasteiger partial charge in [-0.15, -0.1) is 0 Å². The van der Waals surface area contributed by atoms with Crippen molar-refractivity contribution >= 4 is 11.7 Å². The second kappa shape index (κ2) is 6.92. The van der Waals surface area contributed by atoms with E-state index in [9.17, 15) is 9.90 Å². The summed E-state index contributed by atoms with van der Waals surface area (Å²) >= 11 is 0. The molecular weight excluding hydrogens is 316 g/mol. The maximum absolute atomic E-state index is 12.7. The summed E-state index contributed by atoms with van der Waals surface area (Å²) in [6.45, 7) is 4.68. The minimum absolute atomic E-state index is 0.0901. The van der Waals surface area contributed by atoms with Crippen LogP contribution < -0.4 is 10.2 Å². The lowest BCUT2D eigenvalue weighted by molar-refractivity contribution is 0.0403. The van der Waals surface area contributed by atoms with E-state index in [1.165, 1.54) is 0 Å². The maximum Gasteiger partial charge on any atom is 0.254 e. The lowest BCUT2D eigenvalue weighted by Gasteiger charge is -2.50. The minimum atomic E-state index is -0.0901. The molecule has 0 bridgehead atoms. The summed E-state index contributed by atoms with van der Waals surface area (Å²) in [5.74, 6) is 0.981. The van der Waals surface area contributed by atoms with Crippen molar-refractivity contribution < 1.29 is 9.90 Å². The van der Waals surface area contributed by atoms with Crippen molar-refractivity contribution in [2.24, 2.45) is 5.41 Å². The van der Waals surface area contributed by atoms with Crippen LogP contribution in [0.4, 0.5) is 5.82 Å². The molecular formula is C19H28N4O2. The lowest BCUT2D eigenvalue weighted by Crippen LogP contribution is -2.61. The number of carbonyl (C=O) groups excluding carboxylic acids is 1. The predicted octanol–water partition coefficient (Wildman–Crippen LogP) is 1.26. The molecule has 2 N–H and O–H groups in total. The van der Waals surface area contributed by atoms with E-state index in [1.807, 2.05) is 17.0 Å². The van der Waals surface area contributed by atoms with Crippen LogP contribution in [0.1, 0.15) is 42.5 Å². The van der Waals surface area contributed by atoms with Crippen LogP contribution in [-0.2, 0) is 0 Å². The van der Waals surface area contributed by atoms with Crippen molar-refractivity contribution in [2.75, 3.05) is 44.2 Å². The monoisotopic (exact) mass is 344 g/mol. The summed E-state index contributed by atoms with van der Waals surface area (Å²) in [6, 6.07) is 4.14. The summed E-state index contributed by atoms with van der Waals surface area (Å²) in [5.41, 5.74) is 0.640. The van der Waals surface area contributed by atoms with Gasteiger partial charge in [0.25, 0.3) is 5.91 Å². The van der Waals surface area contributed by atoms with Crippen molar-refractivity contribution in [1.29, 1.82) is 0 Å². The third-order valence-electron chi connectivity index (χ3n) is 6.20. The van der Waals surface area contributed by atoms with Crippen LogP contribution in [0.25, 0.3) is 0 Å². The fourth-order valence-electron chi connectivity index (χ4n) is 4.71. The number of aromatic nitrogens is 1. The number of piperidine rings is 2. The van der Waals surface area contributed by atoms with E-state index in [4.69, 9.17) is 0 Å². The number of aliphatic hydroxyl groups excluding tert-OH is 1. The Bertz CT molecular complexity index is 632. The van der Waals surface area contributed by atoms with Crippen molar-refractivity contribution in [3.05, 3.63) is 23.9 Å². The Morgan fingerprint density at radius 1 is 1.32 bits per heavy atom. The van der Waals surface area contributed by atoms with E-state index in [2.05, 4.69) is 15.2 Å². The summed E-state index contributed by atoms with van der Waals surface area (Å²) in [7, 11) is 0. The smallest absolute Gasteiger partial charge is 0.254 e. The molecule has 3 fully saturated rings. The topological polar surface area (TPSA) is 68.7 Å². The van der Waals surface area contributed by atoms with Crippen LogP contribution >= 0.6 is 0 Å². The highest BCUT2D eigenvalue weighted by Gasteiger charge is 2.44. The van der Waals surface area contributed by atoms with Gasteiger partial charge in [0, 0.05) is 49.4 Å². The molecule has 6 heteroatoms. The van der Waals surface area contributed by atoms with Crippen LogP contribution in [-0.4, -0.2) is 66.3 Å². The van der Waals surface area contributed by atoms with E-state index >= 15 is 0 Å². The summed E-state index contributed by atoms with van der Waals surface area (Å²) < 4.78 is 0. The molecule has 3 saturated heterocycles. The molecule has 0 aromatic carbocycles. The molecule has 6 nitrogen and oxygen atoms in total. The van der Waals surface area contributed by atoms with Gasteiger partial charge < -0.3 is 20.2 Å². The molecule has 0 spiro atoms. The summed E-state index contributed by atoms with van der Waals surface area (Å²) in [4.78, 5) is 21.4. The van der Waals surface area contributed by atoms with Gasteiger partial charge in [0.05, 0.1) is 6.61 Å². The summed E-state index contributed by atoms with van der Waals surface area (Å²) in [5, 5.41) is 13.7. The molecule has 1 amide bonds. The van der Waals surface area contributed by atoms with E-state index in [-0.39, 0.29) is 17.9 Å². The standard InChI is InChI=1S/C19H28N4O2/c24-14-19-6-3-7-20-16(19)5-11-23(13-19)17-12-15(4-8-21-17)18(25)22-9-1-2-10-22/h4,8,12,16,20,24H,1-3,5-7,9-11,13-14H2/t16-,19-/m1/s1. The molecule has 1 aromatic heterocycles. The van der Waals surface area contributed by atoms with Crippen LogP contribution in [0, 0.1) is 5.41 Å². The zero-order valence-corrected chi connectivity index (χ0v) is 14.8. The molecule has 0 radical (unpaired) electrons. The van der Waals surface area contributed by atoms with E-state index in [0.717, 1.165) is 76.2 Å². The number of pyridine rings is 1. The van der Waals surface area contributed by atoms with E-state index in [0.29, 0.717) is 6.04 Å². The highest BCUT2D eigenvalue weighted by atomic mass is 16.3. The molecule has 3 aliphatic heterocycles. The van der Waals surface area contributed by atoms with Gasteiger partial charge >= 0.3 is 0 Å². The Kier molecular flexibility index (Phi) is 4.65. The molecule has 0 aliphatic carbocycles. The fourth-order valence-corrected chi connectivity index (χ4v) is 4.71. The highest BCUT2D eigenvalue weighted by molar-refractivity contribution is 5.95. The molecule has 136 valence electrons. The summed E-state index contributed by atoms with van der Waals surface area (Å²) in [6.07, 6.45) is 7.10. The molecule has 1 aromatic rings. The van der Waals surface area contributed by atoms with E-state index in [1.54, 1.807) is 6.20 Å². The number of nitrogens with zero attached hydrogens (tertiary/aromatic N) is 3. The molecule has 25 heavy (non-hydrogen) atoms. The first-order valence-corrected chi connectivity index (χ1v) is 9.56. The number of nitrogens with one attached hydrogen (secondary N) is 1. The first-order valence-electron chi connectivity index (χ1n) is 9.56. The number of rotatable bonds is 3. The van der Waals surface area contributed by atoms with Gasteiger partial charge in [0.15, 0.2) is 0 Å². The number of fused-ring (bicyclic) bond motifs is 1. The molecule has 4 heterocycles. The zero-order chi connectivity index (χ0) is 17.3. The zero-order valence-electron chi connectivity index (χ0n) is 14.8. The molecule has 4 rings (SSSR count). The van der Waals surface area contributed by atoms with Gasteiger partial charge in [-0.3, -0.25) is 4.79 Å². The van der Waals surface area contributed by atoms with Crippen molar-refractivity contribution in [1.82, 2.24) is 15.2 Å². The number of likely N-dealkylation sites (tertiary alicyclic amines) is 1. The number of hydrogen-bond donors (Lipinski definition) is 2. The SMILES string of the molecule is O=C(c1ccnc(N2CC[C@H]3NCCC[C@]3(CO)C2)c1)N1CCCC1. The van der Waals surface area contributed by atoms with Gasteiger partial charge in [-0.2, -0.15) is 0 Å². The first kappa shape index (κ1) is 16.8. The minimum Gasteiger partial charge on any atom is -0.396 e. The Labute approximate surface area is 149 Å². The van der Waals surface area contributed by atoms with Crippen molar-refractivity contribution in [3.8, 4) is 0 Å². The average Bonchev–Trinajstić information content (AvgIpc) is 3.21. The second-order valence-electron chi connectivity index (χ2n) is 7.74. The van der Waals surface area contributed by atoms with Crippen LogP contribution in [0.15, 0.2) is 18.3 Å². The normalized spacial score (nSPS) is 29.6. The predicted molar refractivity (Wildman–Crippen MR) is 96.7 cm³/mol. The Balaban J connectivity index is 1.53. The largest absolute Gasteiger partial charge is 0.396 e. The van der Waals surface area contributed by atoms with Gasteiger partial charge in [-0.1, -0.05) is 0 Å². The first-order chi connectivity index (χ1) is 12.2. The Hall–Kier alpha value is -1.66. The molecule has 0 unspecified atom stereocenters. The maximum atomic E-state index is 12.7.